The molecule has 0 fully saturated rings. The van der Waals surface area contributed by atoms with Crippen molar-refractivity contribution in [2.24, 2.45) is 17.3 Å². The van der Waals surface area contributed by atoms with E-state index in [0.29, 0.717) is 11.8 Å². The monoisotopic (exact) mass is 152 g/mol. The van der Waals surface area contributed by atoms with Gasteiger partial charge in [-0.3, -0.25) is 0 Å². The maximum atomic E-state index is 3.31. The van der Waals surface area contributed by atoms with Crippen LogP contribution in [0.4, 0.5) is 0 Å². The van der Waals surface area contributed by atoms with Gasteiger partial charge < -0.3 is 0 Å². The SMILES string of the molecule is CC(C)C#CC(C)(C)C(C)C. The zero-order valence-corrected chi connectivity index (χ0v) is 8.65. The van der Waals surface area contributed by atoms with E-state index in [9.17, 15) is 0 Å². The van der Waals surface area contributed by atoms with Crippen LogP contribution in [0.5, 0.6) is 0 Å². The number of hydrogen-bond donors (Lipinski definition) is 0. The summed E-state index contributed by atoms with van der Waals surface area (Å²) in [5.41, 5.74) is 0.171. The van der Waals surface area contributed by atoms with Gasteiger partial charge >= 0.3 is 0 Å². The van der Waals surface area contributed by atoms with Gasteiger partial charge in [-0.05, 0) is 19.8 Å². The molecule has 0 aromatic heterocycles. The molecule has 11 heavy (non-hydrogen) atoms. The Bertz CT molecular complexity index is 162. The molecule has 0 nitrogen and oxygen atoms in total. The highest BCUT2D eigenvalue weighted by Gasteiger charge is 2.18. The minimum Gasteiger partial charge on any atom is -0.0999 e. The summed E-state index contributed by atoms with van der Waals surface area (Å²) >= 11 is 0. The fourth-order valence-corrected chi connectivity index (χ4v) is 0.475. The van der Waals surface area contributed by atoms with Crippen molar-refractivity contribution in [3.63, 3.8) is 0 Å². The van der Waals surface area contributed by atoms with Crippen LogP contribution in [0.1, 0.15) is 41.5 Å². The first-order valence-corrected chi connectivity index (χ1v) is 4.39. The first kappa shape index (κ1) is 10.6. The van der Waals surface area contributed by atoms with Crippen molar-refractivity contribution in [3.05, 3.63) is 0 Å². The Kier molecular flexibility index (Phi) is 3.66. The summed E-state index contributed by atoms with van der Waals surface area (Å²) in [6, 6.07) is 0. The van der Waals surface area contributed by atoms with Crippen LogP contribution in [0.15, 0.2) is 0 Å². The third kappa shape index (κ3) is 4.09. The third-order valence-electron chi connectivity index (χ3n) is 2.13. The summed E-state index contributed by atoms with van der Waals surface area (Å²) < 4.78 is 0. The van der Waals surface area contributed by atoms with Crippen LogP contribution in [0.2, 0.25) is 0 Å². The lowest BCUT2D eigenvalue weighted by atomic mass is 9.82. The highest BCUT2D eigenvalue weighted by Crippen LogP contribution is 2.24. The predicted octanol–water partition coefficient (Wildman–Crippen LogP) is 3.33. The van der Waals surface area contributed by atoms with E-state index in [1.807, 2.05) is 0 Å². The third-order valence-corrected chi connectivity index (χ3v) is 2.13. The van der Waals surface area contributed by atoms with Crippen LogP contribution >= 0.6 is 0 Å². The van der Waals surface area contributed by atoms with E-state index >= 15 is 0 Å². The molecule has 0 rings (SSSR count). The molecular formula is C11H20. The zero-order chi connectivity index (χ0) is 9.07. The van der Waals surface area contributed by atoms with Gasteiger partial charge in [0.05, 0.1) is 0 Å². The van der Waals surface area contributed by atoms with Gasteiger partial charge in [0.1, 0.15) is 0 Å². The Hall–Kier alpha value is -0.440. The molecule has 0 aromatic rings. The van der Waals surface area contributed by atoms with Crippen molar-refractivity contribution in [1.29, 1.82) is 0 Å². The fourth-order valence-electron chi connectivity index (χ4n) is 0.475. The van der Waals surface area contributed by atoms with Gasteiger partial charge in [0.15, 0.2) is 0 Å². The molecule has 0 atom stereocenters. The first-order chi connectivity index (χ1) is 4.86. The molecule has 0 spiro atoms. The fraction of sp³-hybridized carbons (Fsp3) is 0.818. The lowest BCUT2D eigenvalue weighted by molar-refractivity contribution is 0.349. The Balaban J connectivity index is 4.26. The van der Waals surface area contributed by atoms with Gasteiger partial charge in [0.25, 0.3) is 0 Å². The van der Waals surface area contributed by atoms with Gasteiger partial charge in [-0.25, -0.2) is 0 Å². The molecule has 0 saturated carbocycles. The van der Waals surface area contributed by atoms with Crippen LogP contribution in [-0.4, -0.2) is 0 Å². The van der Waals surface area contributed by atoms with Gasteiger partial charge in [0, 0.05) is 11.3 Å². The molecule has 0 bridgehead atoms. The Morgan fingerprint density at radius 1 is 1.00 bits per heavy atom. The van der Waals surface area contributed by atoms with E-state index in [-0.39, 0.29) is 5.41 Å². The summed E-state index contributed by atoms with van der Waals surface area (Å²) in [5.74, 6) is 7.65. The van der Waals surface area contributed by atoms with E-state index in [0.717, 1.165) is 0 Å². The second kappa shape index (κ2) is 3.81. The highest BCUT2D eigenvalue weighted by molar-refractivity contribution is 5.11. The lowest BCUT2D eigenvalue weighted by Gasteiger charge is -2.22. The molecule has 0 heterocycles. The van der Waals surface area contributed by atoms with Gasteiger partial charge in [-0.15, -0.1) is 0 Å². The average Bonchev–Trinajstić information content (AvgIpc) is 1.84. The van der Waals surface area contributed by atoms with E-state index in [1.54, 1.807) is 0 Å². The maximum Gasteiger partial charge on any atom is 0.0281 e. The second-order valence-corrected chi connectivity index (χ2v) is 4.30. The molecule has 0 radical (unpaired) electrons. The average molecular weight is 152 g/mol. The van der Waals surface area contributed by atoms with Crippen molar-refractivity contribution >= 4 is 0 Å². The minimum absolute atomic E-state index is 0.171. The summed E-state index contributed by atoms with van der Waals surface area (Å²) in [6.07, 6.45) is 0. The van der Waals surface area contributed by atoms with Crippen LogP contribution in [0, 0.1) is 29.1 Å². The summed E-state index contributed by atoms with van der Waals surface area (Å²) in [4.78, 5) is 0. The van der Waals surface area contributed by atoms with Crippen LogP contribution in [0.25, 0.3) is 0 Å². The van der Waals surface area contributed by atoms with E-state index < -0.39 is 0 Å². The first-order valence-electron chi connectivity index (χ1n) is 4.39. The molecule has 0 aromatic carbocycles. The molecule has 0 aliphatic carbocycles. The zero-order valence-electron chi connectivity index (χ0n) is 8.65. The Morgan fingerprint density at radius 3 is 1.73 bits per heavy atom. The quantitative estimate of drug-likeness (QED) is 0.506. The van der Waals surface area contributed by atoms with Crippen molar-refractivity contribution in [2.75, 3.05) is 0 Å². The molecule has 0 unspecified atom stereocenters. The van der Waals surface area contributed by atoms with Crippen LogP contribution in [0.3, 0.4) is 0 Å². The van der Waals surface area contributed by atoms with Crippen molar-refractivity contribution in [3.8, 4) is 11.8 Å². The van der Waals surface area contributed by atoms with E-state index in [4.69, 9.17) is 0 Å². The van der Waals surface area contributed by atoms with Gasteiger partial charge in [-0.2, -0.15) is 0 Å². The normalized spacial score (nSPS) is 11.6. The summed E-state index contributed by atoms with van der Waals surface area (Å²) in [5, 5.41) is 0. The molecular weight excluding hydrogens is 132 g/mol. The van der Waals surface area contributed by atoms with Crippen LogP contribution in [-0.2, 0) is 0 Å². The minimum atomic E-state index is 0.171. The Morgan fingerprint density at radius 2 is 1.45 bits per heavy atom. The molecule has 0 saturated heterocycles. The number of rotatable bonds is 1. The predicted molar refractivity (Wildman–Crippen MR) is 51.2 cm³/mol. The summed E-state index contributed by atoms with van der Waals surface area (Å²) in [6.45, 7) is 13.1. The topological polar surface area (TPSA) is 0 Å². The molecule has 0 N–H and O–H groups in total. The maximum absolute atomic E-state index is 3.31. The largest absolute Gasteiger partial charge is 0.0999 e. The smallest absolute Gasteiger partial charge is 0.0281 e. The van der Waals surface area contributed by atoms with Crippen molar-refractivity contribution in [1.82, 2.24) is 0 Å². The Labute approximate surface area is 71.4 Å². The van der Waals surface area contributed by atoms with Crippen LogP contribution < -0.4 is 0 Å². The van der Waals surface area contributed by atoms with Gasteiger partial charge in [0.2, 0.25) is 0 Å². The molecule has 0 amide bonds. The summed E-state index contributed by atoms with van der Waals surface area (Å²) in [7, 11) is 0. The molecule has 0 heteroatoms. The van der Waals surface area contributed by atoms with E-state index in [1.165, 1.54) is 0 Å². The standard InChI is InChI=1S/C11H20/c1-9(2)7-8-11(5,6)10(3)4/h9-10H,1-6H3. The molecule has 0 aliphatic rings. The highest BCUT2D eigenvalue weighted by atomic mass is 14.2. The van der Waals surface area contributed by atoms with Gasteiger partial charge in [-0.1, -0.05) is 39.5 Å². The molecule has 0 aliphatic heterocycles. The van der Waals surface area contributed by atoms with Crippen molar-refractivity contribution in [2.45, 2.75) is 41.5 Å². The van der Waals surface area contributed by atoms with E-state index in [2.05, 4.69) is 53.4 Å². The second-order valence-electron chi connectivity index (χ2n) is 4.30. The molecule has 64 valence electrons. The van der Waals surface area contributed by atoms with Crippen molar-refractivity contribution < 1.29 is 0 Å². The number of hydrogen-bond acceptors (Lipinski definition) is 0. The lowest BCUT2D eigenvalue weighted by Crippen LogP contribution is -2.16.